The third-order valence-corrected chi connectivity index (χ3v) is 3.75. The Morgan fingerprint density at radius 2 is 1.80 bits per heavy atom. The van der Waals surface area contributed by atoms with E-state index in [2.05, 4.69) is 0 Å². The standard InChI is InChI=1S/C17H18O3/c18-17(19)11-5-8-14-15(17)9-4-10-16(14)20-12-13-6-2-1-3-7-13/h1-4,6-7,9-10,18-19H,5,8,11-12H2. The molecule has 3 heteroatoms. The zero-order valence-corrected chi connectivity index (χ0v) is 11.2. The Morgan fingerprint density at radius 3 is 2.60 bits per heavy atom. The van der Waals surface area contributed by atoms with Crippen molar-refractivity contribution in [3.8, 4) is 5.75 Å². The van der Waals surface area contributed by atoms with Gasteiger partial charge in [0.25, 0.3) is 0 Å². The molecule has 104 valence electrons. The number of hydrogen-bond acceptors (Lipinski definition) is 3. The van der Waals surface area contributed by atoms with Crippen LogP contribution in [0.15, 0.2) is 48.5 Å². The first kappa shape index (κ1) is 13.2. The highest BCUT2D eigenvalue weighted by Crippen LogP contribution is 2.37. The quantitative estimate of drug-likeness (QED) is 0.843. The van der Waals surface area contributed by atoms with Crippen LogP contribution in [-0.2, 0) is 18.8 Å². The summed E-state index contributed by atoms with van der Waals surface area (Å²) in [5.41, 5.74) is 2.59. The minimum Gasteiger partial charge on any atom is -0.489 e. The van der Waals surface area contributed by atoms with Gasteiger partial charge in [0.05, 0.1) is 0 Å². The van der Waals surface area contributed by atoms with Gasteiger partial charge in [-0.15, -0.1) is 0 Å². The van der Waals surface area contributed by atoms with Crippen molar-refractivity contribution in [2.75, 3.05) is 0 Å². The maximum Gasteiger partial charge on any atom is 0.190 e. The predicted molar refractivity (Wildman–Crippen MR) is 76.3 cm³/mol. The third kappa shape index (κ3) is 2.55. The van der Waals surface area contributed by atoms with Crippen molar-refractivity contribution in [1.82, 2.24) is 0 Å². The largest absolute Gasteiger partial charge is 0.489 e. The van der Waals surface area contributed by atoms with Gasteiger partial charge in [-0.1, -0.05) is 42.5 Å². The Bertz CT molecular complexity index is 590. The first-order valence-electron chi connectivity index (χ1n) is 6.91. The van der Waals surface area contributed by atoms with E-state index in [4.69, 9.17) is 4.74 Å². The Labute approximate surface area is 118 Å². The molecule has 1 aliphatic carbocycles. The number of ether oxygens (including phenoxy) is 1. The smallest absolute Gasteiger partial charge is 0.190 e. The molecule has 0 heterocycles. The average molecular weight is 270 g/mol. The molecule has 20 heavy (non-hydrogen) atoms. The van der Waals surface area contributed by atoms with Crippen molar-refractivity contribution in [3.05, 3.63) is 65.2 Å². The van der Waals surface area contributed by atoms with E-state index in [-0.39, 0.29) is 0 Å². The van der Waals surface area contributed by atoms with E-state index in [0.29, 0.717) is 18.6 Å². The molecule has 2 aromatic rings. The van der Waals surface area contributed by atoms with Gasteiger partial charge >= 0.3 is 0 Å². The summed E-state index contributed by atoms with van der Waals surface area (Å²) in [5.74, 6) is -0.974. The van der Waals surface area contributed by atoms with Crippen LogP contribution in [0.25, 0.3) is 0 Å². The molecule has 0 radical (unpaired) electrons. The summed E-state index contributed by atoms with van der Waals surface area (Å²) >= 11 is 0. The van der Waals surface area contributed by atoms with Gasteiger partial charge < -0.3 is 14.9 Å². The van der Waals surface area contributed by atoms with Gasteiger partial charge in [-0.25, -0.2) is 0 Å². The van der Waals surface area contributed by atoms with Crippen LogP contribution in [0.2, 0.25) is 0 Å². The highest BCUT2D eigenvalue weighted by Gasteiger charge is 2.33. The van der Waals surface area contributed by atoms with E-state index in [9.17, 15) is 10.2 Å². The van der Waals surface area contributed by atoms with Crippen LogP contribution in [0.5, 0.6) is 5.75 Å². The molecule has 1 aliphatic rings. The SMILES string of the molecule is OC1(O)CCCc2c(OCc3ccccc3)cccc21. The molecule has 0 fully saturated rings. The molecule has 0 saturated carbocycles. The van der Waals surface area contributed by atoms with Crippen molar-refractivity contribution in [2.45, 2.75) is 31.7 Å². The van der Waals surface area contributed by atoms with Gasteiger partial charge in [0, 0.05) is 17.5 Å². The fourth-order valence-electron chi connectivity index (χ4n) is 2.72. The van der Waals surface area contributed by atoms with Gasteiger partial charge in [-0.05, 0) is 24.5 Å². The summed E-state index contributed by atoms with van der Waals surface area (Å²) in [7, 11) is 0. The molecule has 0 bridgehead atoms. The van der Waals surface area contributed by atoms with Crippen LogP contribution in [-0.4, -0.2) is 10.2 Å². The Hall–Kier alpha value is -1.84. The second-order valence-electron chi connectivity index (χ2n) is 5.23. The van der Waals surface area contributed by atoms with Crippen LogP contribution < -0.4 is 4.74 Å². The fraction of sp³-hybridized carbons (Fsp3) is 0.294. The summed E-state index contributed by atoms with van der Waals surface area (Å²) in [4.78, 5) is 0. The van der Waals surface area contributed by atoms with E-state index >= 15 is 0 Å². The van der Waals surface area contributed by atoms with Crippen LogP contribution >= 0.6 is 0 Å². The second-order valence-corrected chi connectivity index (χ2v) is 5.23. The summed E-state index contributed by atoms with van der Waals surface area (Å²) in [6, 6.07) is 15.4. The molecule has 0 spiro atoms. The van der Waals surface area contributed by atoms with E-state index in [0.717, 1.165) is 29.7 Å². The van der Waals surface area contributed by atoms with E-state index in [1.807, 2.05) is 42.5 Å². The van der Waals surface area contributed by atoms with Gasteiger partial charge in [0.15, 0.2) is 5.79 Å². The van der Waals surface area contributed by atoms with Gasteiger partial charge in [0.2, 0.25) is 0 Å². The Balaban J connectivity index is 1.84. The maximum atomic E-state index is 10.0. The normalized spacial score (nSPS) is 16.5. The van der Waals surface area contributed by atoms with Crippen LogP contribution in [0, 0.1) is 0 Å². The average Bonchev–Trinajstić information content (AvgIpc) is 2.46. The lowest BCUT2D eigenvalue weighted by Gasteiger charge is -2.30. The molecule has 3 rings (SSSR count). The van der Waals surface area contributed by atoms with E-state index in [1.165, 1.54) is 0 Å². The van der Waals surface area contributed by atoms with Crippen molar-refractivity contribution in [3.63, 3.8) is 0 Å². The van der Waals surface area contributed by atoms with Crippen LogP contribution in [0.1, 0.15) is 29.5 Å². The lowest BCUT2D eigenvalue weighted by molar-refractivity contribution is -0.179. The molecule has 3 nitrogen and oxygen atoms in total. The number of benzene rings is 2. The van der Waals surface area contributed by atoms with Crippen LogP contribution in [0.3, 0.4) is 0 Å². The number of hydrogen-bond donors (Lipinski definition) is 2. The zero-order chi connectivity index (χ0) is 14.0. The van der Waals surface area contributed by atoms with Crippen LogP contribution in [0.4, 0.5) is 0 Å². The highest BCUT2D eigenvalue weighted by atomic mass is 16.5. The molecule has 2 aromatic carbocycles. The molecule has 0 unspecified atom stereocenters. The van der Waals surface area contributed by atoms with Gasteiger partial charge in [-0.3, -0.25) is 0 Å². The summed E-state index contributed by atoms with van der Waals surface area (Å²) in [5, 5.41) is 20.1. The topological polar surface area (TPSA) is 49.7 Å². The first-order chi connectivity index (χ1) is 9.67. The summed E-state index contributed by atoms with van der Waals surface area (Å²) in [6.07, 6.45) is 1.96. The monoisotopic (exact) mass is 270 g/mol. The fourth-order valence-corrected chi connectivity index (χ4v) is 2.72. The number of fused-ring (bicyclic) bond motifs is 1. The lowest BCUT2D eigenvalue weighted by atomic mass is 9.86. The highest BCUT2D eigenvalue weighted by molar-refractivity contribution is 5.44. The molecule has 0 atom stereocenters. The van der Waals surface area contributed by atoms with Gasteiger partial charge in [-0.2, -0.15) is 0 Å². The van der Waals surface area contributed by atoms with E-state index in [1.54, 1.807) is 6.07 Å². The zero-order valence-electron chi connectivity index (χ0n) is 11.2. The number of aliphatic hydroxyl groups is 2. The van der Waals surface area contributed by atoms with Crippen molar-refractivity contribution < 1.29 is 14.9 Å². The molecule has 0 saturated heterocycles. The van der Waals surface area contributed by atoms with Crippen molar-refractivity contribution in [1.29, 1.82) is 0 Å². The minimum absolute atomic E-state index is 0.377. The van der Waals surface area contributed by atoms with Crippen molar-refractivity contribution >= 4 is 0 Å². The van der Waals surface area contributed by atoms with E-state index < -0.39 is 5.79 Å². The lowest BCUT2D eigenvalue weighted by Crippen LogP contribution is -2.30. The minimum atomic E-state index is -1.72. The maximum absolute atomic E-state index is 10.0. The molecular formula is C17H18O3. The Kier molecular flexibility index (Phi) is 3.47. The number of rotatable bonds is 3. The second kappa shape index (κ2) is 5.27. The molecule has 0 amide bonds. The molecule has 0 aliphatic heterocycles. The summed E-state index contributed by atoms with van der Waals surface area (Å²) < 4.78 is 5.86. The Morgan fingerprint density at radius 1 is 1.00 bits per heavy atom. The summed E-state index contributed by atoms with van der Waals surface area (Å²) in [6.45, 7) is 0.487. The third-order valence-electron chi connectivity index (χ3n) is 3.75. The molecule has 2 N–H and O–H groups in total. The van der Waals surface area contributed by atoms with Crippen molar-refractivity contribution in [2.24, 2.45) is 0 Å². The first-order valence-corrected chi connectivity index (χ1v) is 6.91. The molecular weight excluding hydrogens is 252 g/mol. The molecule has 0 aromatic heterocycles. The van der Waals surface area contributed by atoms with Gasteiger partial charge in [0.1, 0.15) is 12.4 Å². The predicted octanol–water partition coefficient (Wildman–Crippen LogP) is 2.74.